The van der Waals surface area contributed by atoms with Crippen molar-refractivity contribution >= 4 is 0 Å². The summed E-state index contributed by atoms with van der Waals surface area (Å²) in [6.45, 7) is 8.59. The van der Waals surface area contributed by atoms with Gasteiger partial charge in [-0.1, -0.05) is 6.92 Å². The lowest BCUT2D eigenvalue weighted by Crippen LogP contribution is -2.54. The van der Waals surface area contributed by atoms with Crippen molar-refractivity contribution in [3.63, 3.8) is 0 Å². The largest absolute Gasteiger partial charge is 0.305 e. The Morgan fingerprint density at radius 1 is 1.37 bits per heavy atom. The highest BCUT2D eigenvalue weighted by molar-refractivity contribution is 5.09. The molecule has 0 radical (unpaired) electrons. The van der Waals surface area contributed by atoms with Gasteiger partial charge in [0.1, 0.15) is 5.54 Å². The molecule has 0 aromatic heterocycles. The van der Waals surface area contributed by atoms with Crippen LogP contribution in [0, 0.1) is 11.3 Å². The molecule has 2 unspecified atom stereocenters. The average Bonchev–Trinajstić information content (AvgIpc) is 3.19. The second-order valence-corrected chi connectivity index (χ2v) is 6.51. The number of rotatable bonds is 5. The summed E-state index contributed by atoms with van der Waals surface area (Å²) in [5.74, 6) is 0. The second kappa shape index (κ2) is 6.21. The van der Waals surface area contributed by atoms with E-state index in [1.165, 1.54) is 25.8 Å². The molecule has 1 saturated heterocycles. The third-order valence-corrected chi connectivity index (χ3v) is 4.36. The average molecular weight is 264 g/mol. The van der Waals surface area contributed by atoms with E-state index in [4.69, 9.17) is 0 Å². The van der Waals surface area contributed by atoms with E-state index in [1.54, 1.807) is 0 Å². The first-order valence-corrected chi connectivity index (χ1v) is 7.68. The molecule has 0 aromatic carbocycles. The van der Waals surface area contributed by atoms with Crippen LogP contribution in [0.5, 0.6) is 0 Å². The van der Waals surface area contributed by atoms with Crippen LogP contribution in [0.25, 0.3) is 0 Å². The van der Waals surface area contributed by atoms with Crippen LogP contribution in [0.1, 0.15) is 39.5 Å². The molecule has 2 atom stereocenters. The summed E-state index contributed by atoms with van der Waals surface area (Å²) in [5.41, 5.74) is -0.391. The van der Waals surface area contributed by atoms with Crippen molar-refractivity contribution in [1.29, 1.82) is 5.26 Å². The van der Waals surface area contributed by atoms with Gasteiger partial charge in [0.05, 0.1) is 6.07 Å². The lowest BCUT2D eigenvalue weighted by atomic mass is 10.0. The quantitative estimate of drug-likeness (QED) is 0.816. The third-order valence-electron chi connectivity index (χ3n) is 4.36. The van der Waals surface area contributed by atoms with Crippen molar-refractivity contribution in [2.75, 3.05) is 33.2 Å². The summed E-state index contributed by atoms with van der Waals surface area (Å²) < 4.78 is 0. The first-order valence-electron chi connectivity index (χ1n) is 7.68. The number of hydrogen-bond acceptors (Lipinski definition) is 4. The minimum Gasteiger partial charge on any atom is -0.305 e. The topological polar surface area (TPSA) is 42.3 Å². The maximum Gasteiger partial charge on any atom is 0.116 e. The van der Waals surface area contributed by atoms with Crippen LogP contribution in [0.2, 0.25) is 0 Å². The smallest absolute Gasteiger partial charge is 0.116 e. The van der Waals surface area contributed by atoms with Crippen LogP contribution >= 0.6 is 0 Å². The molecule has 1 aliphatic heterocycles. The van der Waals surface area contributed by atoms with Crippen molar-refractivity contribution in [2.24, 2.45) is 0 Å². The molecule has 4 heteroatoms. The van der Waals surface area contributed by atoms with E-state index < -0.39 is 5.54 Å². The van der Waals surface area contributed by atoms with Crippen LogP contribution in [0.3, 0.4) is 0 Å². The highest BCUT2D eigenvalue weighted by Gasteiger charge is 2.35. The summed E-state index contributed by atoms with van der Waals surface area (Å²) in [5, 5.41) is 13.0. The van der Waals surface area contributed by atoms with E-state index >= 15 is 0 Å². The van der Waals surface area contributed by atoms with Gasteiger partial charge in [-0.05, 0) is 52.7 Å². The molecule has 2 fully saturated rings. The molecule has 1 heterocycles. The zero-order valence-electron chi connectivity index (χ0n) is 12.7. The number of nitrogens with zero attached hydrogens (tertiary/aromatic N) is 3. The molecular formula is C15H28N4. The summed E-state index contributed by atoms with van der Waals surface area (Å²) in [7, 11) is 2.21. The Morgan fingerprint density at radius 3 is 2.68 bits per heavy atom. The molecule has 108 valence electrons. The number of nitrogens with one attached hydrogen (secondary N) is 1. The molecule has 1 aliphatic carbocycles. The standard InChI is InChI=1S/C15H28N4/c1-4-14-10-18(3)8-5-9-19(14)12-15(2,11-16)17-13-6-7-13/h13-14,17H,4-10,12H2,1-3H3. The van der Waals surface area contributed by atoms with Gasteiger partial charge >= 0.3 is 0 Å². The molecular weight excluding hydrogens is 236 g/mol. The van der Waals surface area contributed by atoms with E-state index in [-0.39, 0.29) is 0 Å². The summed E-state index contributed by atoms with van der Waals surface area (Å²) in [4.78, 5) is 4.95. The van der Waals surface area contributed by atoms with Gasteiger partial charge in [0, 0.05) is 25.2 Å². The second-order valence-electron chi connectivity index (χ2n) is 6.51. The Morgan fingerprint density at radius 2 is 2.11 bits per heavy atom. The highest BCUT2D eigenvalue weighted by Crippen LogP contribution is 2.24. The van der Waals surface area contributed by atoms with Gasteiger partial charge in [-0.3, -0.25) is 10.2 Å². The Balaban J connectivity index is 1.99. The van der Waals surface area contributed by atoms with Crippen molar-refractivity contribution in [3.05, 3.63) is 0 Å². The number of likely N-dealkylation sites (N-methyl/N-ethyl adjacent to an activating group) is 1. The Kier molecular flexibility index (Phi) is 4.83. The van der Waals surface area contributed by atoms with Crippen LogP contribution in [-0.4, -0.2) is 60.6 Å². The molecule has 19 heavy (non-hydrogen) atoms. The lowest BCUT2D eigenvalue weighted by Gasteiger charge is -2.36. The fourth-order valence-electron chi connectivity index (χ4n) is 3.09. The summed E-state index contributed by atoms with van der Waals surface area (Å²) in [6.07, 6.45) is 4.83. The van der Waals surface area contributed by atoms with E-state index in [2.05, 4.69) is 42.1 Å². The van der Waals surface area contributed by atoms with Gasteiger partial charge < -0.3 is 4.90 Å². The Bertz CT molecular complexity index is 334. The van der Waals surface area contributed by atoms with E-state index in [0.29, 0.717) is 12.1 Å². The van der Waals surface area contributed by atoms with Gasteiger partial charge in [-0.25, -0.2) is 0 Å². The predicted octanol–water partition coefficient (Wildman–Crippen LogP) is 1.44. The zero-order chi connectivity index (χ0) is 13.9. The maximum atomic E-state index is 9.52. The monoisotopic (exact) mass is 264 g/mol. The Hall–Kier alpha value is -0.630. The van der Waals surface area contributed by atoms with Gasteiger partial charge in [0.15, 0.2) is 0 Å². The molecule has 2 rings (SSSR count). The van der Waals surface area contributed by atoms with Gasteiger partial charge in [0.25, 0.3) is 0 Å². The molecule has 0 amide bonds. The number of hydrogen-bond donors (Lipinski definition) is 1. The maximum absolute atomic E-state index is 9.52. The minimum absolute atomic E-state index is 0.391. The van der Waals surface area contributed by atoms with Crippen molar-refractivity contribution in [2.45, 2.75) is 57.2 Å². The molecule has 1 N–H and O–H groups in total. The fraction of sp³-hybridized carbons (Fsp3) is 0.933. The zero-order valence-corrected chi connectivity index (χ0v) is 12.7. The molecule has 0 bridgehead atoms. The summed E-state index contributed by atoms with van der Waals surface area (Å²) >= 11 is 0. The van der Waals surface area contributed by atoms with Gasteiger partial charge in [-0.15, -0.1) is 0 Å². The van der Waals surface area contributed by atoms with E-state index in [1.807, 2.05) is 0 Å². The summed E-state index contributed by atoms with van der Waals surface area (Å²) in [6, 6.07) is 3.67. The fourth-order valence-corrected chi connectivity index (χ4v) is 3.09. The Labute approximate surface area is 117 Å². The van der Waals surface area contributed by atoms with Crippen molar-refractivity contribution < 1.29 is 0 Å². The predicted molar refractivity (Wildman–Crippen MR) is 77.9 cm³/mol. The normalized spacial score (nSPS) is 29.5. The van der Waals surface area contributed by atoms with Crippen LogP contribution in [0.4, 0.5) is 0 Å². The molecule has 4 nitrogen and oxygen atoms in total. The van der Waals surface area contributed by atoms with Crippen molar-refractivity contribution in [3.8, 4) is 6.07 Å². The molecule has 0 aromatic rings. The van der Waals surface area contributed by atoms with Crippen LogP contribution in [-0.2, 0) is 0 Å². The van der Waals surface area contributed by atoms with Crippen LogP contribution < -0.4 is 5.32 Å². The SMILES string of the molecule is CCC1CN(C)CCCN1CC(C)(C#N)NC1CC1. The van der Waals surface area contributed by atoms with Gasteiger partial charge in [0.2, 0.25) is 0 Å². The van der Waals surface area contributed by atoms with E-state index in [0.717, 1.165) is 26.1 Å². The van der Waals surface area contributed by atoms with Gasteiger partial charge in [-0.2, -0.15) is 5.26 Å². The van der Waals surface area contributed by atoms with Crippen LogP contribution in [0.15, 0.2) is 0 Å². The third kappa shape index (κ3) is 4.17. The molecule has 0 spiro atoms. The highest BCUT2D eigenvalue weighted by atomic mass is 15.3. The molecule has 1 saturated carbocycles. The van der Waals surface area contributed by atoms with E-state index in [9.17, 15) is 5.26 Å². The minimum atomic E-state index is -0.391. The van der Waals surface area contributed by atoms with Crippen molar-refractivity contribution in [1.82, 2.24) is 15.1 Å². The lowest BCUT2D eigenvalue weighted by molar-refractivity contribution is 0.152. The first-order chi connectivity index (χ1) is 9.06. The molecule has 2 aliphatic rings. The number of nitriles is 1. The first kappa shape index (κ1) is 14.8.